The summed E-state index contributed by atoms with van der Waals surface area (Å²) < 4.78 is 5.31. The molecule has 0 aromatic heterocycles. The van der Waals surface area contributed by atoms with Crippen LogP contribution in [0.5, 0.6) is 0 Å². The molecule has 0 spiro atoms. The Morgan fingerprint density at radius 2 is 1.68 bits per heavy atom. The van der Waals surface area contributed by atoms with Gasteiger partial charge in [0.15, 0.2) is 5.78 Å². The fraction of sp³-hybridized carbons (Fsp3) is 0.450. The molecule has 22 heavy (non-hydrogen) atoms. The van der Waals surface area contributed by atoms with Gasteiger partial charge in [-0.25, -0.2) is 0 Å². The number of allylic oxidation sites excluding steroid dienone is 3. The van der Waals surface area contributed by atoms with Crippen molar-refractivity contribution >= 4 is 5.78 Å². The van der Waals surface area contributed by atoms with Crippen molar-refractivity contribution in [2.45, 2.75) is 60.3 Å². The molecule has 0 heterocycles. The average Bonchev–Trinajstić information content (AvgIpc) is 2.49. The molecular formula is C20H30O2. The average molecular weight is 302 g/mol. The van der Waals surface area contributed by atoms with Crippen molar-refractivity contribution in [2.24, 2.45) is 0 Å². The number of rotatable bonds is 7. The smallest absolute Gasteiger partial charge is 0.162 e. The fourth-order valence-corrected chi connectivity index (χ4v) is 1.73. The van der Waals surface area contributed by atoms with Crippen LogP contribution in [0, 0.1) is 6.92 Å². The van der Waals surface area contributed by atoms with Crippen LogP contribution in [-0.4, -0.2) is 5.78 Å². The first-order chi connectivity index (χ1) is 10.4. The highest BCUT2D eigenvalue weighted by molar-refractivity contribution is 5.95. The Bertz CT molecular complexity index is 481. The highest BCUT2D eigenvalue weighted by atomic mass is 16.5. The van der Waals surface area contributed by atoms with E-state index in [0.29, 0.717) is 6.42 Å². The van der Waals surface area contributed by atoms with Gasteiger partial charge in [-0.15, -0.1) is 0 Å². The molecule has 0 saturated heterocycles. The van der Waals surface area contributed by atoms with Crippen molar-refractivity contribution in [2.75, 3.05) is 0 Å². The second kappa shape index (κ2) is 11.8. The second-order valence-corrected chi connectivity index (χ2v) is 5.33. The molecule has 0 N–H and O–H groups in total. The number of carbonyl (C=O) groups is 1. The summed E-state index contributed by atoms with van der Waals surface area (Å²) in [6.45, 7) is 13.8. The summed E-state index contributed by atoms with van der Waals surface area (Å²) >= 11 is 0. The maximum Gasteiger partial charge on any atom is 0.162 e. The molecule has 1 aromatic carbocycles. The van der Waals surface area contributed by atoms with Crippen LogP contribution in [-0.2, 0) is 4.74 Å². The van der Waals surface area contributed by atoms with E-state index in [9.17, 15) is 4.79 Å². The molecule has 2 heteroatoms. The maximum atomic E-state index is 11.4. The van der Waals surface area contributed by atoms with Crippen LogP contribution in [0.4, 0.5) is 0 Å². The number of hydrogen-bond donors (Lipinski definition) is 0. The minimum Gasteiger partial charge on any atom is -0.467 e. The van der Waals surface area contributed by atoms with E-state index in [1.54, 1.807) is 0 Å². The first kappa shape index (κ1) is 20.2. The van der Waals surface area contributed by atoms with E-state index in [1.165, 1.54) is 5.56 Å². The molecule has 0 unspecified atom stereocenters. The summed E-state index contributed by atoms with van der Waals surface area (Å²) in [5.74, 6) is 2.04. The minimum atomic E-state index is 0.248. The zero-order valence-corrected chi connectivity index (χ0v) is 14.7. The number of aryl methyl sites for hydroxylation is 1. The first-order valence-corrected chi connectivity index (χ1v) is 8.02. The van der Waals surface area contributed by atoms with E-state index < -0.39 is 0 Å². The molecule has 0 radical (unpaired) electrons. The van der Waals surface area contributed by atoms with E-state index in [2.05, 4.69) is 13.5 Å². The number of hydrogen-bond acceptors (Lipinski definition) is 2. The van der Waals surface area contributed by atoms with Crippen LogP contribution >= 0.6 is 0 Å². The molecule has 0 atom stereocenters. The van der Waals surface area contributed by atoms with Crippen molar-refractivity contribution in [3.63, 3.8) is 0 Å². The van der Waals surface area contributed by atoms with Crippen LogP contribution in [0.15, 0.2) is 48.4 Å². The van der Waals surface area contributed by atoms with Gasteiger partial charge in [-0.1, -0.05) is 50.3 Å². The molecular weight excluding hydrogens is 272 g/mol. The van der Waals surface area contributed by atoms with E-state index in [0.717, 1.165) is 36.3 Å². The molecule has 0 saturated carbocycles. The van der Waals surface area contributed by atoms with Crippen molar-refractivity contribution in [1.29, 1.82) is 0 Å². The lowest BCUT2D eigenvalue weighted by Gasteiger charge is -2.06. The Morgan fingerprint density at radius 1 is 1.14 bits per heavy atom. The molecule has 0 aliphatic rings. The third kappa shape index (κ3) is 9.17. The van der Waals surface area contributed by atoms with E-state index in [-0.39, 0.29) is 5.78 Å². The third-order valence-electron chi connectivity index (χ3n) is 3.09. The third-order valence-corrected chi connectivity index (χ3v) is 3.09. The van der Waals surface area contributed by atoms with Gasteiger partial charge in [-0.05, 0) is 39.7 Å². The number of ether oxygens (including phenoxy) is 1. The molecule has 2 nitrogen and oxygen atoms in total. The number of Topliss-reactive ketones (excluding diaryl/α,β-unsaturated/α-hetero) is 1. The van der Waals surface area contributed by atoms with E-state index >= 15 is 0 Å². The molecule has 0 aliphatic heterocycles. The summed E-state index contributed by atoms with van der Waals surface area (Å²) in [4.78, 5) is 11.4. The highest BCUT2D eigenvalue weighted by Gasteiger charge is 2.02. The first-order valence-electron chi connectivity index (χ1n) is 8.02. The molecule has 1 rings (SSSR count). The molecule has 122 valence electrons. The molecule has 0 aliphatic carbocycles. The lowest BCUT2D eigenvalue weighted by Crippen LogP contribution is -1.97. The van der Waals surface area contributed by atoms with Gasteiger partial charge in [-0.3, -0.25) is 4.79 Å². The van der Waals surface area contributed by atoms with Crippen LogP contribution in [0.3, 0.4) is 0 Å². The van der Waals surface area contributed by atoms with Gasteiger partial charge in [0.05, 0.1) is 11.5 Å². The Balaban J connectivity index is 0.000000409. The van der Waals surface area contributed by atoms with Crippen molar-refractivity contribution < 1.29 is 9.53 Å². The van der Waals surface area contributed by atoms with E-state index in [1.807, 2.05) is 58.0 Å². The predicted octanol–water partition coefficient (Wildman–Crippen LogP) is 6.22. The number of ketones is 1. The monoisotopic (exact) mass is 302 g/mol. The van der Waals surface area contributed by atoms with Crippen LogP contribution in [0.1, 0.15) is 69.3 Å². The summed E-state index contributed by atoms with van der Waals surface area (Å²) in [7, 11) is 0. The second-order valence-electron chi connectivity index (χ2n) is 5.33. The summed E-state index contributed by atoms with van der Waals surface area (Å²) in [5, 5.41) is 0. The Kier molecular flexibility index (Phi) is 10.8. The molecule has 1 aromatic rings. The van der Waals surface area contributed by atoms with Gasteiger partial charge >= 0.3 is 0 Å². The van der Waals surface area contributed by atoms with Crippen LogP contribution < -0.4 is 0 Å². The topological polar surface area (TPSA) is 26.3 Å². The lowest BCUT2D eigenvalue weighted by atomic mass is 10.1. The molecule has 0 fully saturated rings. The summed E-state index contributed by atoms with van der Waals surface area (Å²) in [5.41, 5.74) is 2.03. The maximum absolute atomic E-state index is 11.4. The van der Waals surface area contributed by atoms with Gasteiger partial charge in [-0.2, -0.15) is 0 Å². The highest BCUT2D eigenvalue weighted by Crippen LogP contribution is 2.08. The van der Waals surface area contributed by atoms with Crippen molar-refractivity contribution in [1.82, 2.24) is 0 Å². The Hall–Kier alpha value is -1.83. The molecule has 0 bridgehead atoms. The standard InChI is InChI=1S/C11H14O.C9H16O/c1-3-4-11(12)10-7-5-9(2)6-8-10;1-5-7-9(4)10-8(3)6-2/h5-8H,3-4H2,1-2H3;6H,4-5,7H2,1-3H3/b;8-6-. The van der Waals surface area contributed by atoms with Crippen molar-refractivity contribution in [3.05, 3.63) is 59.6 Å². The largest absolute Gasteiger partial charge is 0.467 e. The van der Waals surface area contributed by atoms with Gasteiger partial charge in [0, 0.05) is 18.4 Å². The van der Waals surface area contributed by atoms with Crippen LogP contribution in [0.2, 0.25) is 0 Å². The SMILES string of the molecule is C=C(CCC)O/C(C)=C\C.CCCC(=O)c1ccc(C)cc1. The molecule has 0 amide bonds. The van der Waals surface area contributed by atoms with Crippen LogP contribution in [0.25, 0.3) is 0 Å². The zero-order valence-electron chi connectivity index (χ0n) is 14.7. The fourth-order valence-electron chi connectivity index (χ4n) is 1.73. The lowest BCUT2D eigenvalue weighted by molar-refractivity contribution is 0.0981. The van der Waals surface area contributed by atoms with Gasteiger partial charge in [0.1, 0.15) is 0 Å². The summed E-state index contributed by atoms with van der Waals surface area (Å²) in [6, 6.07) is 7.74. The van der Waals surface area contributed by atoms with Gasteiger partial charge < -0.3 is 4.74 Å². The normalized spacial score (nSPS) is 10.5. The number of benzene rings is 1. The van der Waals surface area contributed by atoms with Crippen molar-refractivity contribution in [3.8, 4) is 0 Å². The van der Waals surface area contributed by atoms with E-state index in [4.69, 9.17) is 4.74 Å². The van der Waals surface area contributed by atoms with Gasteiger partial charge in [0.25, 0.3) is 0 Å². The number of carbonyl (C=O) groups excluding carboxylic acids is 1. The zero-order chi connectivity index (χ0) is 17.0. The summed E-state index contributed by atoms with van der Waals surface area (Å²) in [6.07, 6.45) is 5.55. The quantitative estimate of drug-likeness (QED) is 0.441. The Morgan fingerprint density at radius 3 is 2.14 bits per heavy atom. The minimum absolute atomic E-state index is 0.248. The Labute approximate surface area is 135 Å². The predicted molar refractivity (Wildman–Crippen MR) is 95.0 cm³/mol. The van der Waals surface area contributed by atoms with Gasteiger partial charge in [0.2, 0.25) is 0 Å².